The Balaban J connectivity index is 1.88. The van der Waals surface area contributed by atoms with Gasteiger partial charge in [0.05, 0.1) is 0 Å². The van der Waals surface area contributed by atoms with E-state index in [1.807, 2.05) is 0 Å². The van der Waals surface area contributed by atoms with Crippen LogP contribution in [0.1, 0.15) is 50.7 Å². The second-order valence-electron chi connectivity index (χ2n) is 5.00. The highest BCUT2D eigenvalue weighted by molar-refractivity contribution is 5.65. The van der Waals surface area contributed by atoms with E-state index in [1.54, 1.807) is 0 Å². The molecule has 0 aliphatic carbocycles. The quantitative estimate of drug-likeness (QED) is 0.827. The summed E-state index contributed by atoms with van der Waals surface area (Å²) in [5, 5.41) is 7.60. The van der Waals surface area contributed by atoms with Crippen LogP contribution in [-0.2, 0) is 0 Å². The molecule has 1 saturated heterocycles. The topological polar surface area (TPSA) is 51.0 Å². The molecule has 0 amide bonds. The van der Waals surface area contributed by atoms with Gasteiger partial charge in [-0.25, -0.2) is 0 Å². The highest BCUT2D eigenvalue weighted by Crippen LogP contribution is 2.32. The Morgan fingerprint density at radius 2 is 2.31 bits per heavy atom. The zero-order valence-electron chi connectivity index (χ0n) is 9.73. The second-order valence-corrected chi connectivity index (χ2v) is 5.00. The monoisotopic (exact) mass is 219 g/mol. The Morgan fingerprint density at radius 1 is 1.44 bits per heavy atom. The lowest BCUT2D eigenvalue weighted by atomic mass is 10.0. The number of hydrogen-bond acceptors (Lipinski definition) is 4. The van der Waals surface area contributed by atoms with Crippen molar-refractivity contribution >= 4 is 5.57 Å². The van der Waals surface area contributed by atoms with Crippen molar-refractivity contribution in [2.75, 3.05) is 0 Å². The number of hydrogen-bond donors (Lipinski definition) is 1. The molecule has 86 valence electrons. The van der Waals surface area contributed by atoms with Crippen molar-refractivity contribution in [1.82, 2.24) is 15.5 Å². The largest absolute Gasteiger partial charge is 0.334 e. The summed E-state index contributed by atoms with van der Waals surface area (Å²) < 4.78 is 5.35. The lowest BCUT2D eigenvalue weighted by Crippen LogP contribution is -2.33. The highest BCUT2D eigenvalue weighted by atomic mass is 16.5. The first kappa shape index (κ1) is 10.0. The fraction of sp³-hybridized carbons (Fsp3) is 0.667. The van der Waals surface area contributed by atoms with E-state index in [0.717, 1.165) is 12.2 Å². The molecule has 1 aromatic heterocycles. The molecule has 1 N–H and O–H groups in total. The van der Waals surface area contributed by atoms with Gasteiger partial charge in [0.15, 0.2) is 5.82 Å². The van der Waals surface area contributed by atoms with Crippen LogP contribution >= 0.6 is 0 Å². The average Bonchev–Trinajstić information content (AvgIpc) is 2.87. The molecule has 0 saturated carbocycles. The molecule has 4 nitrogen and oxygen atoms in total. The van der Waals surface area contributed by atoms with Crippen molar-refractivity contribution < 1.29 is 4.52 Å². The molecule has 3 heterocycles. The van der Waals surface area contributed by atoms with Crippen molar-refractivity contribution in [2.45, 2.75) is 51.1 Å². The average molecular weight is 219 g/mol. The minimum Gasteiger partial charge on any atom is -0.334 e. The predicted octanol–water partition coefficient (Wildman–Crippen LogP) is 2.10. The summed E-state index contributed by atoms with van der Waals surface area (Å²) in [5.41, 5.74) is 1.20. The van der Waals surface area contributed by atoms with E-state index < -0.39 is 0 Å². The molecule has 0 radical (unpaired) electrons. The molecule has 1 aromatic rings. The summed E-state index contributed by atoms with van der Waals surface area (Å²) in [6.45, 7) is 4.15. The van der Waals surface area contributed by atoms with Gasteiger partial charge in [0.1, 0.15) is 0 Å². The Labute approximate surface area is 95.1 Å². The van der Waals surface area contributed by atoms with E-state index in [1.165, 1.54) is 18.4 Å². The third-order valence-corrected chi connectivity index (χ3v) is 3.44. The minimum absolute atomic E-state index is 0.325. The van der Waals surface area contributed by atoms with Gasteiger partial charge in [-0.1, -0.05) is 25.1 Å². The van der Waals surface area contributed by atoms with Gasteiger partial charge in [-0.05, 0) is 19.3 Å². The van der Waals surface area contributed by atoms with Gasteiger partial charge in [0.25, 0.3) is 5.89 Å². The van der Waals surface area contributed by atoms with Crippen LogP contribution in [0.2, 0.25) is 0 Å². The molecule has 1 fully saturated rings. The maximum Gasteiger partial charge on any atom is 0.255 e. The molecule has 0 aromatic carbocycles. The van der Waals surface area contributed by atoms with Crippen LogP contribution < -0.4 is 5.32 Å². The third-order valence-electron chi connectivity index (χ3n) is 3.44. The first-order chi connectivity index (χ1) is 7.74. The number of fused-ring (bicyclic) bond motifs is 2. The van der Waals surface area contributed by atoms with E-state index in [2.05, 4.69) is 35.4 Å². The van der Waals surface area contributed by atoms with Crippen LogP contribution in [0.3, 0.4) is 0 Å². The van der Waals surface area contributed by atoms with Gasteiger partial charge in [-0.2, -0.15) is 4.98 Å². The van der Waals surface area contributed by atoms with Crippen molar-refractivity contribution in [3.63, 3.8) is 0 Å². The first-order valence-electron chi connectivity index (χ1n) is 6.04. The Hall–Kier alpha value is -1.16. The van der Waals surface area contributed by atoms with Crippen molar-refractivity contribution in [1.29, 1.82) is 0 Å². The van der Waals surface area contributed by atoms with Crippen molar-refractivity contribution in [2.24, 2.45) is 0 Å². The van der Waals surface area contributed by atoms with E-state index in [0.29, 0.717) is 23.9 Å². The smallest absolute Gasteiger partial charge is 0.255 e. The molecule has 2 aliphatic heterocycles. The normalized spacial score (nSPS) is 28.6. The van der Waals surface area contributed by atoms with Gasteiger partial charge in [-0.3, -0.25) is 0 Å². The molecule has 0 spiro atoms. The van der Waals surface area contributed by atoms with Crippen molar-refractivity contribution in [3.8, 4) is 0 Å². The molecular weight excluding hydrogens is 202 g/mol. The Morgan fingerprint density at radius 3 is 3.06 bits per heavy atom. The number of aromatic nitrogens is 2. The summed E-state index contributed by atoms with van der Waals surface area (Å²) in [7, 11) is 0. The van der Waals surface area contributed by atoms with Gasteiger partial charge in [0, 0.05) is 23.6 Å². The predicted molar refractivity (Wildman–Crippen MR) is 60.9 cm³/mol. The van der Waals surface area contributed by atoms with Crippen molar-refractivity contribution in [3.05, 3.63) is 17.8 Å². The fourth-order valence-corrected chi connectivity index (χ4v) is 2.48. The summed E-state index contributed by atoms with van der Waals surface area (Å²) in [4.78, 5) is 4.46. The lowest BCUT2D eigenvalue weighted by Gasteiger charge is -2.19. The molecule has 3 rings (SSSR count). The maximum absolute atomic E-state index is 5.35. The zero-order chi connectivity index (χ0) is 11.1. The molecule has 4 heteroatoms. The number of rotatable bonds is 2. The fourth-order valence-electron chi connectivity index (χ4n) is 2.48. The maximum atomic E-state index is 5.35. The number of nitrogens with zero attached hydrogens (tertiary/aromatic N) is 2. The van der Waals surface area contributed by atoms with E-state index in [-0.39, 0.29) is 0 Å². The van der Waals surface area contributed by atoms with Crippen LogP contribution in [0.25, 0.3) is 5.57 Å². The van der Waals surface area contributed by atoms with E-state index in [9.17, 15) is 0 Å². The summed E-state index contributed by atoms with van der Waals surface area (Å²) in [5.74, 6) is 1.84. The van der Waals surface area contributed by atoms with Crippen LogP contribution in [0.5, 0.6) is 0 Å². The Kier molecular flexibility index (Phi) is 2.32. The number of nitrogens with one attached hydrogen (secondary N) is 1. The molecule has 2 aliphatic rings. The molecule has 16 heavy (non-hydrogen) atoms. The van der Waals surface area contributed by atoms with Gasteiger partial charge in [-0.15, -0.1) is 0 Å². The first-order valence-corrected chi connectivity index (χ1v) is 6.04. The standard InChI is InChI=1S/C12H17N3O/c1-7(2)11-14-12(16-15-11)9-5-3-8-4-6-10(9)13-8/h5,7-8,10,13H,3-4,6H2,1-2H3. The summed E-state index contributed by atoms with van der Waals surface area (Å²) >= 11 is 0. The van der Waals surface area contributed by atoms with Crippen LogP contribution in [-0.4, -0.2) is 22.2 Å². The van der Waals surface area contributed by atoms with Gasteiger partial charge in [0.2, 0.25) is 0 Å². The minimum atomic E-state index is 0.325. The lowest BCUT2D eigenvalue weighted by molar-refractivity contribution is 0.392. The molecular formula is C12H17N3O. The third kappa shape index (κ3) is 1.57. The SMILES string of the molecule is CC(C)c1noc(C2=CCC3CCC2N3)n1. The van der Waals surface area contributed by atoms with Crippen LogP contribution in [0.4, 0.5) is 0 Å². The van der Waals surface area contributed by atoms with E-state index in [4.69, 9.17) is 4.52 Å². The molecule has 2 atom stereocenters. The van der Waals surface area contributed by atoms with Crippen LogP contribution in [0, 0.1) is 0 Å². The summed E-state index contributed by atoms with van der Waals surface area (Å²) in [6.07, 6.45) is 5.80. The second kappa shape index (κ2) is 3.70. The summed E-state index contributed by atoms with van der Waals surface area (Å²) in [6, 6.07) is 1.10. The highest BCUT2D eigenvalue weighted by Gasteiger charge is 2.32. The van der Waals surface area contributed by atoms with Gasteiger partial charge >= 0.3 is 0 Å². The molecule has 2 bridgehead atoms. The Bertz CT molecular complexity index is 422. The molecule has 2 unspecified atom stereocenters. The van der Waals surface area contributed by atoms with E-state index >= 15 is 0 Å². The van der Waals surface area contributed by atoms with Crippen LogP contribution in [0.15, 0.2) is 10.6 Å². The van der Waals surface area contributed by atoms with Gasteiger partial charge < -0.3 is 9.84 Å². The zero-order valence-corrected chi connectivity index (χ0v) is 9.73.